The Kier molecular flexibility index (Phi) is 3.61. The van der Waals surface area contributed by atoms with Gasteiger partial charge in [0.1, 0.15) is 6.26 Å². The van der Waals surface area contributed by atoms with Gasteiger partial charge in [0.15, 0.2) is 0 Å². The number of nitrogens with one attached hydrogen (secondary N) is 2. The van der Waals surface area contributed by atoms with Crippen LogP contribution in [0.3, 0.4) is 0 Å². The van der Waals surface area contributed by atoms with E-state index < -0.39 is 0 Å². The molecule has 0 aliphatic carbocycles. The van der Waals surface area contributed by atoms with E-state index in [1.54, 1.807) is 12.4 Å². The van der Waals surface area contributed by atoms with Crippen LogP contribution in [0.15, 0.2) is 63.9 Å². The van der Waals surface area contributed by atoms with Crippen molar-refractivity contribution in [3.05, 3.63) is 60.1 Å². The minimum Gasteiger partial charge on any atom is -0.445 e. The SMILES string of the molecule is Clc1c(Nc2nnc(-c3cccc(-c4ncco4)c3)o2)ccc2[nH]ncc12. The zero-order valence-corrected chi connectivity index (χ0v) is 14.4. The number of H-pyrrole nitrogens is 1. The standard InChI is InChI=1S/C18H11ClN6O2/c19-15-12-9-21-23-13(12)4-5-14(15)22-18-25-24-17(27-18)11-3-1-2-10(8-11)16-20-6-7-26-16/h1-9H,(H,21,23)(H,22,25). The molecule has 3 aromatic heterocycles. The van der Waals surface area contributed by atoms with Gasteiger partial charge in [-0.05, 0) is 30.3 Å². The number of hydrogen-bond donors (Lipinski definition) is 2. The summed E-state index contributed by atoms with van der Waals surface area (Å²) in [5, 5.41) is 19.4. The fourth-order valence-electron chi connectivity index (χ4n) is 2.74. The summed E-state index contributed by atoms with van der Waals surface area (Å²) in [6.45, 7) is 0. The van der Waals surface area contributed by atoms with Crippen LogP contribution in [-0.2, 0) is 0 Å². The Labute approximate surface area is 157 Å². The highest BCUT2D eigenvalue weighted by Crippen LogP contribution is 2.32. The predicted octanol–water partition coefficient (Wildman–Crippen LogP) is 4.66. The lowest BCUT2D eigenvalue weighted by molar-refractivity contribution is 0.574. The molecule has 0 saturated carbocycles. The molecule has 0 radical (unpaired) electrons. The topological polar surface area (TPSA) is 106 Å². The van der Waals surface area contributed by atoms with E-state index in [9.17, 15) is 0 Å². The maximum atomic E-state index is 6.40. The minimum absolute atomic E-state index is 0.233. The van der Waals surface area contributed by atoms with Crippen LogP contribution in [0.5, 0.6) is 0 Å². The van der Waals surface area contributed by atoms with Crippen LogP contribution in [-0.4, -0.2) is 25.4 Å². The van der Waals surface area contributed by atoms with Gasteiger partial charge in [-0.2, -0.15) is 5.10 Å². The van der Waals surface area contributed by atoms with Crippen molar-refractivity contribution in [3.63, 3.8) is 0 Å². The van der Waals surface area contributed by atoms with Crippen LogP contribution >= 0.6 is 11.6 Å². The molecule has 0 aliphatic rings. The zero-order chi connectivity index (χ0) is 18.2. The fourth-order valence-corrected chi connectivity index (χ4v) is 3.00. The van der Waals surface area contributed by atoms with E-state index in [1.807, 2.05) is 36.4 Å². The third kappa shape index (κ3) is 2.81. The maximum absolute atomic E-state index is 6.40. The molecule has 2 N–H and O–H groups in total. The number of nitrogens with zero attached hydrogens (tertiary/aromatic N) is 4. The number of benzene rings is 2. The summed E-state index contributed by atoms with van der Waals surface area (Å²) in [5.74, 6) is 0.890. The quantitative estimate of drug-likeness (QED) is 0.468. The Morgan fingerprint density at radius 3 is 2.78 bits per heavy atom. The summed E-state index contributed by atoms with van der Waals surface area (Å²) in [5.41, 5.74) is 3.07. The van der Waals surface area contributed by atoms with Crippen LogP contribution in [0.25, 0.3) is 33.8 Å². The van der Waals surface area contributed by atoms with Crippen LogP contribution in [0.2, 0.25) is 5.02 Å². The van der Waals surface area contributed by atoms with E-state index in [0.29, 0.717) is 22.5 Å². The Bertz CT molecular complexity index is 1230. The Balaban J connectivity index is 1.44. The first kappa shape index (κ1) is 15.6. The van der Waals surface area contributed by atoms with Gasteiger partial charge in [-0.15, -0.1) is 5.10 Å². The average Bonchev–Trinajstić information content (AvgIpc) is 3.46. The molecule has 0 spiro atoms. The second kappa shape index (κ2) is 6.26. The molecule has 0 fully saturated rings. The predicted molar refractivity (Wildman–Crippen MR) is 99.6 cm³/mol. The normalized spacial score (nSPS) is 11.1. The molecule has 3 heterocycles. The highest BCUT2D eigenvalue weighted by Gasteiger charge is 2.13. The van der Waals surface area contributed by atoms with E-state index in [-0.39, 0.29) is 6.01 Å². The van der Waals surface area contributed by atoms with Crippen LogP contribution in [0, 0.1) is 0 Å². The molecule has 132 valence electrons. The van der Waals surface area contributed by atoms with Crippen LogP contribution in [0.4, 0.5) is 11.7 Å². The molecule has 0 atom stereocenters. The van der Waals surface area contributed by atoms with Gasteiger partial charge in [0.05, 0.1) is 28.6 Å². The number of aromatic amines is 1. The summed E-state index contributed by atoms with van der Waals surface area (Å²) in [7, 11) is 0. The van der Waals surface area contributed by atoms with Crippen molar-refractivity contribution >= 4 is 34.2 Å². The van der Waals surface area contributed by atoms with E-state index in [2.05, 4.69) is 30.7 Å². The Morgan fingerprint density at radius 1 is 1.04 bits per heavy atom. The van der Waals surface area contributed by atoms with E-state index in [1.165, 1.54) is 6.26 Å². The van der Waals surface area contributed by atoms with Crippen molar-refractivity contribution in [2.24, 2.45) is 0 Å². The van der Waals surface area contributed by atoms with Gasteiger partial charge in [0, 0.05) is 16.5 Å². The first-order valence-electron chi connectivity index (χ1n) is 8.00. The monoisotopic (exact) mass is 378 g/mol. The summed E-state index contributed by atoms with van der Waals surface area (Å²) in [6, 6.07) is 11.4. The van der Waals surface area contributed by atoms with Crippen molar-refractivity contribution in [2.75, 3.05) is 5.32 Å². The van der Waals surface area contributed by atoms with Crippen LogP contribution < -0.4 is 5.32 Å². The van der Waals surface area contributed by atoms with E-state index in [0.717, 1.165) is 22.0 Å². The van der Waals surface area contributed by atoms with Gasteiger partial charge >= 0.3 is 6.01 Å². The van der Waals surface area contributed by atoms with E-state index >= 15 is 0 Å². The first-order chi connectivity index (χ1) is 13.3. The number of fused-ring (bicyclic) bond motifs is 1. The molecule has 5 aromatic rings. The molecule has 0 amide bonds. The highest BCUT2D eigenvalue weighted by molar-refractivity contribution is 6.38. The van der Waals surface area contributed by atoms with Gasteiger partial charge in [-0.25, -0.2) is 4.98 Å². The lowest BCUT2D eigenvalue weighted by Crippen LogP contribution is -1.91. The molecular formula is C18H11ClN6O2. The largest absolute Gasteiger partial charge is 0.445 e. The van der Waals surface area contributed by atoms with Crippen molar-refractivity contribution in [1.82, 2.24) is 25.4 Å². The average molecular weight is 379 g/mol. The fraction of sp³-hybridized carbons (Fsp3) is 0. The zero-order valence-electron chi connectivity index (χ0n) is 13.7. The van der Waals surface area contributed by atoms with Gasteiger partial charge < -0.3 is 14.2 Å². The molecule has 0 bridgehead atoms. The molecule has 0 saturated heterocycles. The van der Waals surface area contributed by atoms with Crippen molar-refractivity contribution < 1.29 is 8.83 Å². The minimum atomic E-state index is 0.233. The molecule has 8 nitrogen and oxygen atoms in total. The molecule has 0 aliphatic heterocycles. The number of halogens is 1. The summed E-state index contributed by atoms with van der Waals surface area (Å²) < 4.78 is 11.1. The smallest absolute Gasteiger partial charge is 0.320 e. The second-order valence-electron chi connectivity index (χ2n) is 5.71. The number of aromatic nitrogens is 5. The van der Waals surface area contributed by atoms with Crippen molar-refractivity contribution in [1.29, 1.82) is 0 Å². The number of oxazole rings is 1. The summed E-state index contributed by atoms with van der Waals surface area (Å²) >= 11 is 6.40. The van der Waals surface area contributed by atoms with Crippen LogP contribution in [0.1, 0.15) is 0 Å². The maximum Gasteiger partial charge on any atom is 0.320 e. The number of hydrogen-bond acceptors (Lipinski definition) is 7. The lowest BCUT2D eigenvalue weighted by atomic mass is 10.1. The molecule has 9 heteroatoms. The summed E-state index contributed by atoms with van der Waals surface area (Å²) in [6.07, 6.45) is 4.78. The Morgan fingerprint density at radius 2 is 1.93 bits per heavy atom. The van der Waals surface area contributed by atoms with Gasteiger partial charge in [0.25, 0.3) is 0 Å². The molecule has 0 unspecified atom stereocenters. The van der Waals surface area contributed by atoms with Crippen molar-refractivity contribution in [2.45, 2.75) is 0 Å². The Hall–Kier alpha value is -3.65. The van der Waals surface area contributed by atoms with E-state index in [4.69, 9.17) is 20.4 Å². The molecular weight excluding hydrogens is 368 g/mol. The second-order valence-corrected chi connectivity index (χ2v) is 6.09. The third-order valence-corrected chi connectivity index (χ3v) is 4.42. The van der Waals surface area contributed by atoms with Gasteiger partial charge in [0.2, 0.25) is 11.8 Å². The number of anilines is 2. The molecule has 5 rings (SSSR count). The highest BCUT2D eigenvalue weighted by atomic mass is 35.5. The third-order valence-electron chi connectivity index (χ3n) is 4.01. The first-order valence-corrected chi connectivity index (χ1v) is 8.38. The lowest BCUT2D eigenvalue weighted by Gasteiger charge is -2.04. The van der Waals surface area contributed by atoms with Gasteiger partial charge in [-0.1, -0.05) is 22.8 Å². The molecule has 27 heavy (non-hydrogen) atoms. The number of rotatable bonds is 4. The van der Waals surface area contributed by atoms with Crippen molar-refractivity contribution in [3.8, 4) is 22.9 Å². The summed E-state index contributed by atoms with van der Waals surface area (Å²) in [4.78, 5) is 4.14. The van der Waals surface area contributed by atoms with Gasteiger partial charge in [-0.3, -0.25) is 5.10 Å². The molecule has 2 aromatic carbocycles.